The number of carbonyl (C=O) groups is 2. The molecule has 1 aliphatic heterocycles. The lowest BCUT2D eigenvalue weighted by atomic mass is 10.1. The van der Waals surface area contributed by atoms with Crippen LogP contribution < -0.4 is 10.1 Å². The van der Waals surface area contributed by atoms with E-state index in [1.165, 1.54) is 21.6 Å². The largest absolute Gasteiger partial charge is 0.488 e. The molecular formula is C19H14BrIN2O3S. The van der Waals surface area contributed by atoms with Crippen LogP contribution in [0, 0.1) is 3.57 Å². The fourth-order valence-corrected chi connectivity index (χ4v) is 3.42. The molecule has 1 saturated heterocycles. The number of rotatable bonds is 4. The number of nitrogens with one attached hydrogen (secondary N) is 1. The van der Waals surface area contributed by atoms with Gasteiger partial charge in [-0.2, -0.15) is 0 Å². The topological polar surface area (TPSA) is 58.6 Å². The van der Waals surface area contributed by atoms with E-state index in [0.29, 0.717) is 17.9 Å². The van der Waals surface area contributed by atoms with Crippen molar-refractivity contribution >= 4 is 73.7 Å². The maximum absolute atomic E-state index is 12.3. The van der Waals surface area contributed by atoms with Crippen molar-refractivity contribution in [1.82, 2.24) is 10.2 Å². The lowest BCUT2D eigenvalue weighted by Gasteiger charge is -2.25. The van der Waals surface area contributed by atoms with E-state index < -0.39 is 11.8 Å². The predicted molar refractivity (Wildman–Crippen MR) is 119 cm³/mol. The van der Waals surface area contributed by atoms with Crippen LogP contribution in [0.2, 0.25) is 0 Å². The van der Waals surface area contributed by atoms with Crippen LogP contribution >= 0.6 is 50.7 Å². The minimum Gasteiger partial charge on any atom is -0.488 e. The standard InChI is InChI=1S/C19H14BrIN2O3S/c1-23-18(25)14(17(24)22-19(23)27)8-12-4-7-16(15(20)9-12)26-10-11-2-5-13(21)6-3-11/h2-9H,10H2,1H3,(H,22,24,27)/b14-8+. The number of halogens is 2. The summed E-state index contributed by atoms with van der Waals surface area (Å²) in [5.41, 5.74) is 1.80. The Kier molecular flexibility index (Phi) is 6.28. The van der Waals surface area contributed by atoms with Crippen LogP contribution in [-0.4, -0.2) is 28.9 Å². The fourth-order valence-electron chi connectivity index (χ4n) is 2.38. The number of likely N-dealkylation sites (N-methyl/N-ethyl adjacent to an activating group) is 1. The molecule has 138 valence electrons. The Morgan fingerprint density at radius 1 is 1.22 bits per heavy atom. The number of carbonyl (C=O) groups excluding carboxylic acids is 2. The summed E-state index contributed by atoms with van der Waals surface area (Å²) in [6.07, 6.45) is 1.53. The van der Waals surface area contributed by atoms with Gasteiger partial charge in [-0.1, -0.05) is 18.2 Å². The predicted octanol–water partition coefficient (Wildman–Crippen LogP) is 3.89. The molecule has 2 amide bonds. The summed E-state index contributed by atoms with van der Waals surface area (Å²) in [7, 11) is 1.52. The zero-order valence-electron chi connectivity index (χ0n) is 14.2. The molecule has 0 bridgehead atoms. The van der Waals surface area contributed by atoms with Crippen LogP contribution in [0.15, 0.2) is 52.5 Å². The maximum Gasteiger partial charge on any atom is 0.265 e. The first-order valence-corrected chi connectivity index (χ1v) is 10.1. The highest BCUT2D eigenvalue weighted by molar-refractivity contribution is 14.1. The third kappa shape index (κ3) is 4.74. The maximum atomic E-state index is 12.3. The summed E-state index contributed by atoms with van der Waals surface area (Å²) < 4.78 is 7.74. The van der Waals surface area contributed by atoms with Crippen LogP contribution in [0.1, 0.15) is 11.1 Å². The molecular weight excluding hydrogens is 543 g/mol. The van der Waals surface area contributed by atoms with Gasteiger partial charge >= 0.3 is 0 Å². The highest BCUT2D eigenvalue weighted by Crippen LogP contribution is 2.28. The molecule has 0 unspecified atom stereocenters. The second kappa shape index (κ2) is 8.49. The number of hydrogen-bond donors (Lipinski definition) is 1. The van der Waals surface area contributed by atoms with Gasteiger partial charge in [-0.15, -0.1) is 0 Å². The van der Waals surface area contributed by atoms with Gasteiger partial charge in [-0.3, -0.25) is 19.8 Å². The van der Waals surface area contributed by atoms with Gasteiger partial charge in [0.05, 0.1) is 4.47 Å². The van der Waals surface area contributed by atoms with Crippen LogP contribution in [0.3, 0.4) is 0 Å². The fraction of sp³-hybridized carbons (Fsp3) is 0.105. The second-order valence-corrected chi connectivity index (χ2v) is 8.27. The Bertz CT molecular complexity index is 960. The summed E-state index contributed by atoms with van der Waals surface area (Å²) in [6, 6.07) is 13.5. The monoisotopic (exact) mass is 556 g/mol. The van der Waals surface area contributed by atoms with E-state index in [-0.39, 0.29) is 10.7 Å². The molecule has 0 atom stereocenters. The third-order valence-corrected chi connectivity index (χ3v) is 5.59. The van der Waals surface area contributed by atoms with Crippen molar-refractivity contribution in [2.45, 2.75) is 6.61 Å². The molecule has 1 fully saturated rings. The van der Waals surface area contributed by atoms with E-state index in [4.69, 9.17) is 17.0 Å². The van der Waals surface area contributed by atoms with Gasteiger partial charge in [-0.25, -0.2) is 0 Å². The highest BCUT2D eigenvalue weighted by Gasteiger charge is 2.30. The Labute approximate surface area is 184 Å². The van der Waals surface area contributed by atoms with E-state index in [2.05, 4.69) is 43.8 Å². The molecule has 5 nitrogen and oxygen atoms in total. The van der Waals surface area contributed by atoms with Gasteiger partial charge in [0.2, 0.25) is 0 Å². The van der Waals surface area contributed by atoms with Crippen LogP contribution in [0.25, 0.3) is 6.08 Å². The van der Waals surface area contributed by atoms with Gasteiger partial charge < -0.3 is 4.74 Å². The highest BCUT2D eigenvalue weighted by atomic mass is 127. The second-order valence-electron chi connectivity index (χ2n) is 5.79. The molecule has 0 spiro atoms. The quantitative estimate of drug-likeness (QED) is 0.269. The molecule has 0 radical (unpaired) electrons. The van der Waals surface area contributed by atoms with Crippen molar-refractivity contribution < 1.29 is 14.3 Å². The lowest BCUT2D eigenvalue weighted by Crippen LogP contribution is -2.52. The first-order chi connectivity index (χ1) is 12.8. The third-order valence-electron chi connectivity index (χ3n) is 3.88. The number of ether oxygens (including phenoxy) is 1. The Morgan fingerprint density at radius 3 is 2.59 bits per heavy atom. The molecule has 0 saturated carbocycles. The lowest BCUT2D eigenvalue weighted by molar-refractivity contribution is -0.128. The molecule has 0 aromatic heterocycles. The Hall–Kier alpha value is -1.78. The van der Waals surface area contributed by atoms with E-state index in [0.717, 1.165) is 10.0 Å². The Balaban J connectivity index is 1.76. The number of hydrogen-bond acceptors (Lipinski definition) is 4. The molecule has 0 aliphatic carbocycles. The summed E-state index contributed by atoms with van der Waals surface area (Å²) in [5.74, 6) is -0.259. The van der Waals surface area contributed by atoms with Crippen LogP contribution in [0.5, 0.6) is 5.75 Å². The average Bonchev–Trinajstić information content (AvgIpc) is 2.64. The van der Waals surface area contributed by atoms with E-state index in [1.807, 2.05) is 24.3 Å². The summed E-state index contributed by atoms with van der Waals surface area (Å²) >= 11 is 10.7. The molecule has 1 N–H and O–H groups in total. The van der Waals surface area contributed by atoms with E-state index in [1.54, 1.807) is 18.2 Å². The Morgan fingerprint density at radius 2 is 1.93 bits per heavy atom. The smallest absolute Gasteiger partial charge is 0.265 e. The van der Waals surface area contributed by atoms with Gasteiger partial charge in [-0.05, 0) is 92.2 Å². The molecule has 2 aromatic carbocycles. The molecule has 8 heteroatoms. The number of amides is 2. The minimum atomic E-state index is -0.502. The number of thiocarbonyl (C=S) groups is 1. The van der Waals surface area contributed by atoms with Crippen molar-refractivity contribution in [3.05, 3.63) is 67.2 Å². The molecule has 3 rings (SSSR count). The van der Waals surface area contributed by atoms with Crippen molar-refractivity contribution in [2.24, 2.45) is 0 Å². The van der Waals surface area contributed by atoms with Gasteiger partial charge in [0.1, 0.15) is 17.9 Å². The molecule has 1 heterocycles. The van der Waals surface area contributed by atoms with Gasteiger partial charge in [0.25, 0.3) is 11.8 Å². The normalized spacial score (nSPS) is 15.9. The van der Waals surface area contributed by atoms with Gasteiger partial charge in [0, 0.05) is 10.6 Å². The number of nitrogens with zero attached hydrogens (tertiary/aromatic N) is 1. The summed E-state index contributed by atoms with van der Waals surface area (Å²) in [6.45, 7) is 0.444. The molecule has 1 aliphatic rings. The first kappa shape index (κ1) is 20.0. The van der Waals surface area contributed by atoms with Crippen LogP contribution in [-0.2, 0) is 16.2 Å². The van der Waals surface area contributed by atoms with Crippen molar-refractivity contribution in [1.29, 1.82) is 0 Å². The van der Waals surface area contributed by atoms with Gasteiger partial charge in [0.15, 0.2) is 5.11 Å². The van der Waals surface area contributed by atoms with Crippen LogP contribution in [0.4, 0.5) is 0 Å². The average molecular weight is 557 g/mol. The molecule has 2 aromatic rings. The van der Waals surface area contributed by atoms with Crippen molar-refractivity contribution in [2.75, 3.05) is 7.05 Å². The van der Waals surface area contributed by atoms with Crippen molar-refractivity contribution in [3.63, 3.8) is 0 Å². The van der Waals surface area contributed by atoms with E-state index >= 15 is 0 Å². The summed E-state index contributed by atoms with van der Waals surface area (Å²) in [5, 5.41) is 2.59. The molecule has 27 heavy (non-hydrogen) atoms. The summed E-state index contributed by atoms with van der Waals surface area (Å²) in [4.78, 5) is 25.5. The zero-order chi connectivity index (χ0) is 19.6. The minimum absolute atomic E-state index is 0.0329. The van der Waals surface area contributed by atoms with E-state index in [9.17, 15) is 9.59 Å². The first-order valence-electron chi connectivity index (χ1n) is 7.87. The number of benzene rings is 2. The SMILES string of the molecule is CN1C(=O)/C(=C/c2ccc(OCc3ccc(I)cc3)c(Br)c2)C(=O)NC1=S. The zero-order valence-corrected chi connectivity index (χ0v) is 18.7. The van der Waals surface area contributed by atoms with Crippen molar-refractivity contribution in [3.8, 4) is 5.75 Å².